The van der Waals surface area contributed by atoms with Crippen molar-refractivity contribution in [3.63, 3.8) is 0 Å². The second kappa shape index (κ2) is 76.5. The van der Waals surface area contributed by atoms with Crippen LogP contribution in [0, 0.1) is 21.7 Å². The van der Waals surface area contributed by atoms with E-state index in [9.17, 15) is 48.9 Å². The zero-order chi connectivity index (χ0) is 102. The third-order valence-electron chi connectivity index (χ3n) is 22.6. The van der Waals surface area contributed by atoms with Crippen molar-refractivity contribution in [1.82, 2.24) is 73.5 Å². The van der Waals surface area contributed by atoms with Gasteiger partial charge in [-0.3, -0.25) is 63.0 Å². The standard InChI is InChI=1S/C27H46N4O2S.C22H42N4O3.C18H36N4O3.C17H33N3O3.7CO2/c1-7-31-17-15-29(6)13-12-28(5)14-16-30(21-26(32)33)20-24(31)18-22-8-10-23(11-9-22)19-25(34)27(2,3)4;1-22(2,3)20(27)8-7-19(21(28)29)26-12-6-11-24-14-13-23(4)9-5-10-25(16-15-24)17-18-26;1-18(2,3)16(23)14-21-10-8-19(4)6-7-20(5)9-11-22(13-12-21)15-17(24)25;1-17(2,3)15(21)7-6-14(16(22)23)20-12-10-18(4)8-9-19(5)11-13-20;7*2-1-3/h8-11,24H,7,12-21H2,1-6H3,(H,32,33);19H,5-18H2,1-4H3,(H,28,29);6-15H2,1-5H3,(H,24,25);14H,6-13H2,1-5H3,(H,22,23);;;;;;;. The Balaban J connectivity index is -0.000000509. The van der Waals surface area contributed by atoms with Crippen LogP contribution < -0.4 is 0 Å². The molecule has 40 nitrogen and oxygen atoms in total. The first-order valence-electron chi connectivity index (χ1n) is 44.4. The van der Waals surface area contributed by atoms with Crippen molar-refractivity contribution in [1.29, 1.82) is 0 Å². The van der Waals surface area contributed by atoms with Gasteiger partial charge in [-0.05, 0) is 124 Å². The Morgan fingerprint density at radius 2 is 0.606 bits per heavy atom. The molecule has 5 fully saturated rings. The summed E-state index contributed by atoms with van der Waals surface area (Å²) in [5.41, 5.74) is 1.43. The van der Waals surface area contributed by atoms with Crippen LogP contribution >= 0.6 is 12.2 Å². The number of hydrogen-bond acceptors (Lipinski definition) is 37. The Morgan fingerprint density at radius 1 is 0.341 bits per heavy atom. The van der Waals surface area contributed by atoms with E-state index in [2.05, 4.69) is 165 Å². The second-order valence-corrected chi connectivity index (χ2v) is 37.7. The van der Waals surface area contributed by atoms with Gasteiger partial charge < -0.3 is 64.5 Å². The molecule has 2 bridgehead atoms. The highest BCUT2D eigenvalue weighted by molar-refractivity contribution is 7.80. The van der Waals surface area contributed by atoms with E-state index in [1.54, 1.807) is 0 Å². The number of carboxylic acids is 4. The number of fused-ring (bicyclic) bond motifs is 3. The van der Waals surface area contributed by atoms with Crippen molar-refractivity contribution >= 4 is 101 Å². The first-order valence-corrected chi connectivity index (χ1v) is 44.8. The molecule has 0 spiro atoms. The number of aliphatic carboxylic acids is 4. The largest absolute Gasteiger partial charge is 0.480 e. The first kappa shape index (κ1) is 132. The van der Waals surface area contributed by atoms with Crippen LogP contribution in [0.25, 0.3) is 0 Å². The zero-order valence-electron chi connectivity index (χ0n) is 82.4. The van der Waals surface area contributed by atoms with Gasteiger partial charge in [-0.25, -0.2) is 0 Å². The summed E-state index contributed by atoms with van der Waals surface area (Å²) >= 11 is 5.64. The quantitative estimate of drug-likeness (QED) is 0.127. The molecule has 5 atom stereocenters. The maximum Gasteiger partial charge on any atom is 0.373 e. The Hall–Kier alpha value is -8.74. The lowest BCUT2D eigenvalue weighted by Gasteiger charge is -2.37. The fourth-order valence-corrected chi connectivity index (χ4v) is 14.1. The molecule has 1 aromatic rings. The lowest BCUT2D eigenvalue weighted by atomic mass is 9.87. The highest BCUT2D eigenvalue weighted by Crippen LogP contribution is 2.25. The van der Waals surface area contributed by atoms with Crippen LogP contribution in [0.3, 0.4) is 0 Å². The average molecular weight is 1890 g/mol. The predicted molar refractivity (Wildman–Crippen MR) is 489 cm³/mol. The zero-order valence-corrected chi connectivity index (χ0v) is 83.2. The highest BCUT2D eigenvalue weighted by Gasteiger charge is 2.34. The molecule has 0 aromatic heterocycles. The number of ketones is 3. The van der Waals surface area contributed by atoms with Crippen molar-refractivity contribution in [3.05, 3.63) is 35.4 Å². The first-order chi connectivity index (χ1) is 61.7. The number of hydrogen-bond donors (Lipinski definition) is 4. The number of likely N-dealkylation sites (N-methyl/N-ethyl adjacent to an activating group) is 8. The number of nitrogens with zero attached hydrogens (tertiary/aromatic N) is 15. The molecule has 132 heavy (non-hydrogen) atoms. The van der Waals surface area contributed by atoms with E-state index in [0.29, 0.717) is 45.3 Å². The Kier molecular flexibility index (Phi) is 76.4. The van der Waals surface area contributed by atoms with Gasteiger partial charge in [0, 0.05) is 230 Å². The maximum atomic E-state index is 12.4. The van der Waals surface area contributed by atoms with Crippen LogP contribution in [-0.4, -0.2) is 480 Å². The fraction of sp³-hybridized carbons (Fsp3) is 0.769. The molecule has 0 amide bonds. The van der Waals surface area contributed by atoms with Gasteiger partial charge in [0.1, 0.15) is 23.7 Å². The van der Waals surface area contributed by atoms with Crippen LogP contribution in [0.2, 0.25) is 0 Å². The van der Waals surface area contributed by atoms with E-state index in [4.69, 9.17) is 84.4 Å². The molecule has 5 unspecified atom stereocenters. The van der Waals surface area contributed by atoms with Gasteiger partial charge in [-0.2, -0.15) is 67.1 Å². The molecule has 5 aliphatic rings. The third-order valence-corrected chi connectivity index (χ3v) is 23.4. The molecular formula is C91H157N15O25S. The third kappa shape index (κ3) is 70.0. The topological polar surface area (TPSA) is 488 Å². The molecule has 5 heterocycles. The van der Waals surface area contributed by atoms with Crippen molar-refractivity contribution in [2.45, 2.75) is 160 Å². The molecule has 1 aromatic carbocycles. The summed E-state index contributed by atoms with van der Waals surface area (Å²) in [5, 5.41) is 38.2. The molecule has 5 saturated heterocycles. The Bertz CT molecular complexity index is 3520. The fourth-order valence-electron chi connectivity index (χ4n) is 13.9. The minimum absolute atomic E-state index is 0.0398. The van der Waals surface area contributed by atoms with E-state index >= 15 is 0 Å². The van der Waals surface area contributed by atoms with Crippen molar-refractivity contribution in [3.8, 4) is 0 Å². The van der Waals surface area contributed by atoms with Crippen molar-refractivity contribution < 1.29 is 121 Å². The Morgan fingerprint density at radius 3 is 0.947 bits per heavy atom. The summed E-state index contributed by atoms with van der Waals surface area (Å²) in [4.78, 5) is 232. The molecule has 752 valence electrons. The maximum absolute atomic E-state index is 12.4. The van der Waals surface area contributed by atoms with E-state index in [1.165, 1.54) is 11.1 Å². The normalized spacial score (nSPS) is 19.6. The monoisotopic (exact) mass is 1890 g/mol. The van der Waals surface area contributed by atoms with E-state index < -0.39 is 46.8 Å². The number of Topliss-reactive ketones (excluding diaryl/α,β-unsaturated/α-hetero) is 3. The van der Waals surface area contributed by atoms with Crippen LogP contribution in [-0.2, 0) is 114 Å². The second-order valence-electron chi connectivity index (χ2n) is 37.2. The number of rotatable bonds is 21. The molecule has 41 heteroatoms. The van der Waals surface area contributed by atoms with Gasteiger partial charge >= 0.3 is 66.9 Å². The van der Waals surface area contributed by atoms with Gasteiger partial charge in [0.05, 0.1) is 19.6 Å². The minimum atomic E-state index is -0.823. The number of carboxylic acid groups (broad SMARTS) is 4. The van der Waals surface area contributed by atoms with Crippen LogP contribution in [0.4, 0.5) is 0 Å². The highest BCUT2D eigenvalue weighted by atomic mass is 32.1. The van der Waals surface area contributed by atoms with Gasteiger partial charge in [0.15, 0.2) is 5.78 Å². The average Bonchev–Trinajstić information content (AvgIpc) is 0.927. The van der Waals surface area contributed by atoms with Gasteiger partial charge in [-0.1, -0.05) is 126 Å². The van der Waals surface area contributed by atoms with Gasteiger partial charge in [0.2, 0.25) is 0 Å². The molecule has 5 aliphatic heterocycles. The summed E-state index contributed by atoms with van der Waals surface area (Å²) in [5.74, 6) is -2.67. The number of thiocarbonyl (C=S) groups is 1. The lowest BCUT2D eigenvalue weighted by Crippen LogP contribution is -2.51. The summed E-state index contributed by atoms with van der Waals surface area (Å²) in [6.45, 7) is 55.6. The number of carbonyl (C=O) groups excluding carboxylic acids is 17. The summed E-state index contributed by atoms with van der Waals surface area (Å²) in [6.07, 6.45) is 7.06. The van der Waals surface area contributed by atoms with Gasteiger partial charge in [0.25, 0.3) is 0 Å². The molecule has 0 saturated carbocycles. The van der Waals surface area contributed by atoms with E-state index in [0.717, 1.165) is 227 Å². The van der Waals surface area contributed by atoms with Crippen LogP contribution in [0.1, 0.15) is 140 Å². The van der Waals surface area contributed by atoms with Gasteiger partial charge in [-0.15, -0.1) is 0 Å². The molecule has 6 rings (SSSR count). The molecule has 0 aliphatic carbocycles. The minimum Gasteiger partial charge on any atom is -0.480 e. The van der Waals surface area contributed by atoms with Crippen molar-refractivity contribution in [2.75, 3.05) is 278 Å². The summed E-state index contributed by atoms with van der Waals surface area (Å²) < 4.78 is 0. The smallest absolute Gasteiger partial charge is 0.373 e. The van der Waals surface area contributed by atoms with Crippen molar-refractivity contribution in [2.24, 2.45) is 21.7 Å². The number of benzene rings is 1. The lowest BCUT2D eigenvalue weighted by molar-refractivity contribution is -0.193. The molecule has 4 N–H and O–H groups in total. The summed E-state index contributed by atoms with van der Waals surface area (Å²) in [7, 11) is 14.8. The van der Waals surface area contributed by atoms with E-state index in [1.807, 2.05) is 72.1 Å². The predicted octanol–water partition coefficient (Wildman–Crippen LogP) is 1.72. The van der Waals surface area contributed by atoms with Crippen LogP contribution in [0.15, 0.2) is 24.3 Å². The summed E-state index contributed by atoms with van der Waals surface area (Å²) in [6, 6.07) is 7.98. The van der Waals surface area contributed by atoms with Crippen LogP contribution in [0.5, 0.6) is 0 Å². The molecule has 0 radical (unpaired) electrons. The van der Waals surface area contributed by atoms with E-state index in [-0.39, 0.29) is 90.4 Å². The Labute approximate surface area is 787 Å². The molecular weight excluding hydrogens is 1740 g/mol. The SMILES string of the molecule is CCN1CCN(C)CCN(C)CCN(CC(=O)O)CC1Cc1ccc(CC(=S)C(C)(C)C)cc1.CN1CCCN2CCN(CCCN(C(CCC(=O)C(C)(C)C)C(=O)O)CC2)CC1.CN1CCN(C)CCN(C(CCC(=O)C(C)(C)C)C(=O)O)CC1.CN1CCN(C)CCN(CC(=O)C(C)(C)C)CCN(CC(=O)O)CC1.O=C=O.O=C=O.O=C=O.O=C=O.O=C=O.O=C=O.O=C=O. The number of carbonyl (C=O) groups is 7.